The van der Waals surface area contributed by atoms with Gasteiger partial charge in [-0.15, -0.1) is 11.6 Å². The number of piperidine rings is 1. The van der Waals surface area contributed by atoms with Gasteiger partial charge in [-0.1, -0.05) is 12.1 Å². The molecule has 3 atom stereocenters. The van der Waals surface area contributed by atoms with Crippen LogP contribution in [-0.2, 0) is 16.0 Å². The first kappa shape index (κ1) is 14.1. The highest BCUT2D eigenvalue weighted by molar-refractivity contribution is 6.34. The van der Waals surface area contributed by atoms with E-state index in [1.54, 1.807) is 0 Å². The summed E-state index contributed by atoms with van der Waals surface area (Å²) in [5.41, 5.74) is 3.82. The van der Waals surface area contributed by atoms with Crippen molar-refractivity contribution >= 4 is 28.5 Å². The van der Waals surface area contributed by atoms with Gasteiger partial charge in [0, 0.05) is 35.6 Å². The number of likely N-dealkylation sites (N-methyl/N-ethyl adjacent to an activating group) is 1. The summed E-state index contributed by atoms with van der Waals surface area (Å²) < 4.78 is 4.94. The summed E-state index contributed by atoms with van der Waals surface area (Å²) in [6.45, 7) is 0.526. The molecule has 0 radical (unpaired) electrons. The number of carbonyl (C=O) groups excluding carboxylic acids is 1. The number of carbonyl (C=O) groups is 1. The second-order valence-electron chi connectivity index (χ2n) is 6.54. The van der Waals surface area contributed by atoms with Crippen LogP contribution in [0.5, 0.6) is 0 Å². The molecule has 0 saturated carbocycles. The standard InChI is InChI=1S/C17H19ClN2O2/c1-20-9-17(18,16(21)22-2)7-12-11-4-3-5-13-15(11)10(8-19-13)6-14(12)20/h3-5,8,12,14,19H,6-7,9H2,1-2H3/t12?,14-,17?/m1/s1. The van der Waals surface area contributed by atoms with Gasteiger partial charge in [0.05, 0.1) is 7.11 Å². The van der Waals surface area contributed by atoms with Crippen molar-refractivity contribution < 1.29 is 9.53 Å². The van der Waals surface area contributed by atoms with Gasteiger partial charge < -0.3 is 14.6 Å². The molecule has 1 fully saturated rings. The van der Waals surface area contributed by atoms with E-state index in [-0.39, 0.29) is 11.9 Å². The number of halogens is 1. The molecule has 1 aromatic heterocycles. The summed E-state index contributed by atoms with van der Waals surface area (Å²) in [6, 6.07) is 6.72. The van der Waals surface area contributed by atoms with E-state index in [9.17, 15) is 4.79 Å². The molecule has 0 bridgehead atoms. The van der Waals surface area contributed by atoms with Crippen LogP contribution < -0.4 is 0 Å². The molecule has 1 aliphatic heterocycles. The van der Waals surface area contributed by atoms with Crippen LogP contribution in [0.25, 0.3) is 10.9 Å². The van der Waals surface area contributed by atoms with Crippen LogP contribution in [0.3, 0.4) is 0 Å². The Labute approximate surface area is 134 Å². The number of ether oxygens (including phenoxy) is 1. The monoisotopic (exact) mass is 318 g/mol. The number of likely N-dealkylation sites (tertiary alicyclic amines) is 1. The van der Waals surface area contributed by atoms with Crippen molar-refractivity contribution in [3.63, 3.8) is 0 Å². The van der Waals surface area contributed by atoms with Crippen LogP contribution >= 0.6 is 11.6 Å². The number of aromatic amines is 1. The molecule has 5 heteroatoms. The molecular weight excluding hydrogens is 300 g/mol. The molecule has 116 valence electrons. The van der Waals surface area contributed by atoms with E-state index in [0.29, 0.717) is 19.0 Å². The third-order valence-electron chi connectivity index (χ3n) is 5.27. The first-order valence-electron chi connectivity index (χ1n) is 7.60. The minimum Gasteiger partial charge on any atom is -0.468 e. The van der Waals surface area contributed by atoms with Gasteiger partial charge in [-0.2, -0.15) is 0 Å². The van der Waals surface area contributed by atoms with E-state index < -0.39 is 4.87 Å². The maximum Gasteiger partial charge on any atom is 0.328 e. The Hall–Kier alpha value is -1.52. The van der Waals surface area contributed by atoms with Crippen LogP contribution in [0, 0.1) is 0 Å². The van der Waals surface area contributed by atoms with Gasteiger partial charge in [-0.25, -0.2) is 0 Å². The fourth-order valence-corrected chi connectivity index (χ4v) is 4.73. The quantitative estimate of drug-likeness (QED) is 0.649. The van der Waals surface area contributed by atoms with Crippen molar-refractivity contribution in [2.75, 3.05) is 20.7 Å². The molecule has 4 rings (SSSR count). The Kier molecular flexibility index (Phi) is 3.03. The molecule has 2 aromatic rings. The lowest BCUT2D eigenvalue weighted by Crippen LogP contribution is -2.56. The number of H-pyrrole nitrogens is 1. The maximum atomic E-state index is 12.2. The number of alkyl halides is 1. The molecular formula is C17H19ClN2O2. The van der Waals surface area contributed by atoms with E-state index >= 15 is 0 Å². The molecule has 2 aliphatic rings. The van der Waals surface area contributed by atoms with Gasteiger partial charge in [0.15, 0.2) is 4.87 Å². The molecule has 1 saturated heterocycles. The molecule has 0 spiro atoms. The number of methoxy groups -OCH3 is 1. The van der Waals surface area contributed by atoms with Gasteiger partial charge in [0.2, 0.25) is 0 Å². The van der Waals surface area contributed by atoms with Crippen LogP contribution in [0.1, 0.15) is 23.5 Å². The Balaban J connectivity index is 1.83. The van der Waals surface area contributed by atoms with Gasteiger partial charge in [0.1, 0.15) is 0 Å². The highest BCUT2D eigenvalue weighted by atomic mass is 35.5. The van der Waals surface area contributed by atoms with Gasteiger partial charge >= 0.3 is 5.97 Å². The lowest BCUT2D eigenvalue weighted by molar-refractivity contribution is -0.146. The van der Waals surface area contributed by atoms with Crippen LogP contribution in [0.15, 0.2) is 24.4 Å². The Morgan fingerprint density at radius 2 is 2.32 bits per heavy atom. The average Bonchev–Trinajstić information content (AvgIpc) is 2.92. The summed E-state index contributed by atoms with van der Waals surface area (Å²) in [4.78, 5) is 16.8. The fraction of sp³-hybridized carbons (Fsp3) is 0.471. The highest BCUT2D eigenvalue weighted by Gasteiger charge is 2.50. The largest absolute Gasteiger partial charge is 0.468 e. The summed E-state index contributed by atoms with van der Waals surface area (Å²) in [5, 5.41) is 1.31. The molecule has 2 heterocycles. The fourth-order valence-electron chi connectivity index (χ4n) is 4.30. The number of nitrogens with zero attached hydrogens (tertiary/aromatic N) is 1. The number of hydrogen-bond donors (Lipinski definition) is 1. The predicted molar refractivity (Wildman–Crippen MR) is 86.4 cm³/mol. The molecule has 22 heavy (non-hydrogen) atoms. The van der Waals surface area contributed by atoms with Gasteiger partial charge in [-0.3, -0.25) is 4.79 Å². The average molecular weight is 319 g/mol. The van der Waals surface area contributed by atoms with Crippen molar-refractivity contribution in [1.29, 1.82) is 0 Å². The summed E-state index contributed by atoms with van der Waals surface area (Å²) >= 11 is 6.65. The molecule has 4 nitrogen and oxygen atoms in total. The highest BCUT2D eigenvalue weighted by Crippen LogP contribution is 2.47. The number of benzene rings is 1. The third kappa shape index (κ3) is 1.83. The Bertz CT molecular complexity index is 756. The van der Waals surface area contributed by atoms with E-state index in [2.05, 4.69) is 41.3 Å². The molecule has 1 aromatic carbocycles. The predicted octanol–water partition coefficient (Wildman–Crippen LogP) is 2.66. The van der Waals surface area contributed by atoms with Gasteiger partial charge in [-0.05, 0) is 37.1 Å². The van der Waals surface area contributed by atoms with Crippen molar-refractivity contribution in [3.8, 4) is 0 Å². The molecule has 0 amide bonds. The minimum atomic E-state index is -0.958. The van der Waals surface area contributed by atoms with Crippen molar-refractivity contribution in [2.24, 2.45) is 0 Å². The van der Waals surface area contributed by atoms with Crippen LogP contribution in [0.2, 0.25) is 0 Å². The maximum absolute atomic E-state index is 12.2. The van der Waals surface area contributed by atoms with Crippen molar-refractivity contribution in [2.45, 2.75) is 29.7 Å². The number of hydrogen-bond acceptors (Lipinski definition) is 3. The zero-order chi connectivity index (χ0) is 15.5. The van der Waals surface area contributed by atoms with Crippen LogP contribution in [0.4, 0.5) is 0 Å². The first-order chi connectivity index (χ1) is 10.5. The number of fused-ring (bicyclic) bond motifs is 2. The second-order valence-corrected chi connectivity index (χ2v) is 7.26. The van der Waals surface area contributed by atoms with Crippen LogP contribution in [-0.4, -0.2) is 47.5 Å². The normalized spacial score (nSPS) is 31.0. The minimum absolute atomic E-state index is 0.252. The van der Waals surface area contributed by atoms with Crippen molar-refractivity contribution in [3.05, 3.63) is 35.5 Å². The summed E-state index contributed by atoms with van der Waals surface area (Å²) in [7, 11) is 3.46. The van der Waals surface area contributed by atoms with Gasteiger partial charge in [0.25, 0.3) is 0 Å². The Morgan fingerprint density at radius 3 is 3.09 bits per heavy atom. The zero-order valence-electron chi connectivity index (χ0n) is 12.7. The number of rotatable bonds is 1. The summed E-state index contributed by atoms with van der Waals surface area (Å²) in [6.07, 6.45) is 3.73. The van der Waals surface area contributed by atoms with E-state index in [4.69, 9.17) is 16.3 Å². The van der Waals surface area contributed by atoms with E-state index in [1.807, 2.05) is 0 Å². The first-order valence-corrected chi connectivity index (χ1v) is 7.98. The molecule has 2 unspecified atom stereocenters. The topological polar surface area (TPSA) is 45.3 Å². The van der Waals surface area contributed by atoms with E-state index in [0.717, 1.165) is 11.9 Å². The lowest BCUT2D eigenvalue weighted by atomic mass is 9.72. The molecule has 1 aliphatic carbocycles. The summed E-state index contributed by atoms with van der Waals surface area (Å²) in [5.74, 6) is -0.0751. The second kappa shape index (κ2) is 4.74. The third-order valence-corrected chi connectivity index (χ3v) is 5.70. The number of esters is 1. The molecule has 1 N–H and O–H groups in total. The lowest BCUT2D eigenvalue weighted by Gasteiger charge is -2.47. The van der Waals surface area contributed by atoms with E-state index in [1.165, 1.54) is 23.6 Å². The SMILES string of the molecule is COC(=O)C1(Cl)CC2c3cccc4[nH]cc(c34)C[C@H]2N(C)C1. The number of aromatic nitrogens is 1. The smallest absolute Gasteiger partial charge is 0.328 e. The van der Waals surface area contributed by atoms with Crippen molar-refractivity contribution in [1.82, 2.24) is 9.88 Å². The zero-order valence-corrected chi connectivity index (χ0v) is 13.5. The number of nitrogens with one attached hydrogen (secondary N) is 1. The Morgan fingerprint density at radius 1 is 1.50 bits per heavy atom.